The number of β-amino-alcohol motifs (C(OH)–C–C–N with tert-alkyl or cyclic N) is 1. The quantitative estimate of drug-likeness (QED) is 0.778. The van der Waals surface area contributed by atoms with Crippen LogP contribution in [0.3, 0.4) is 0 Å². The van der Waals surface area contributed by atoms with Crippen LogP contribution in [0.15, 0.2) is 55.0 Å². The zero-order chi connectivity index (χ0) is 17.4. The van der Waals surface area contributed by atoms with Crippen molar-refractivity contribution in [1.29, 1.82) is 0 Å². The molecule has 126 valence electrons. The van der Waals surface area contributed by atoms with Gasteiger partial charge in [0.2, 0.25) is 0 Å². The minimum absolute atomic E-state index is 0.202. The van der Waals surface area contributed by atoms with Crippen LogP contribution in [0.4, 0.5) is 0 Å². The summed E-state index contributed by atoms with van der Waals surface area (Å²) in [7, 11) is 1.79. The molecule has 4 heterocycles. The lowest BCUT2D eigenvalue weighted by Crippen LogP contribution is -2.61. The molecule has 0 saturated carbocycles. The highest BCUT2D eigenvalue weighted by Gasteiger charge is 2.46. The number of hydrogen-bond donors (Lipinski definition) is 1. The van der Waals surface area contributed by atoms with E-state index in [2.05, 4.69) is 15.1 Å². The molecule has 1 amide bonds. The number of rotatable bonds is 3. The summed E-state index contributed by atoms with van der Waals surface area (Å²) in [6, 6.07) is 10.9. The Hall–Kier alpha value is -3.06. The van der Waals surface area contributed by atoms with Crippen LogP contribution in [0.25, 0.3) is 11.3 Å². The first-order chi connectivity index (χ1) is 12.1. The van der Waals surface area contributed by atoms with Crippen LogP contribution < -0.4 is 0 Å². The SMILES string of the molecule is Cn1nc(C(=O)N2CC(O)(c3ccccn3)C2)cc1-c1cccnc1. The van der Waals surface area contributed by atoms with Crippen molar-refractivity contribution in [2.24, 2.45) is 7.05 Å². The first-order valence-electron chi connectivity index (χ1n) is 7.94. The van der Waals surface area contributed by atoms with E-state index in [1.165, 1.54) is 0 Å². The van der Waals surface area contributed by atoms with E-state index in [-0.39, 0.29) is 19.0 Å². The van der Waals surface area contributed by atoms with Gasteiger partial charge in [0.1, 0.15) is 5.60 Å². The molecule has 1 aliphatic heterocycles. The smallest absolute Gasteiger partial charge is 0.274 e. The van der Waals surface area contributed by atoms with E-state index in [0.717, 1.165) is 11.3 Å². The largest absolute Gasteiger partial charge is 0.380 e. The van der Waals surface area contributed by atoms with Crippen molar-refractivity contribution in [3.05, 3.63) is 66.4 Å². The highest BCUT2D eigenvalue weighted by atomic mass is 16.3. The standard InChI is InChI=1S/C18H17N5O2/c1-22-15(13-5-4-7-19-10-13)9-14(21-22)17(24)23-11-18(25,12-23)16-6-2-3-8-20-16/h2-10,25H,11-12H2,1H3. The lowest BCUT2D eigenvalue weighted by molar-refractivity contribution is -0.0894. The van der Waals surface area contributed by atoms with Crippen molar-refractivity contribution in [2.75, 3.05) is 13.1 Å². The highest BCUT2D eigenvalue weighted by molar-refractivity contribution is 5.94. The van der Waals surface area contributed by atoms with Gasteiger partial charge in [-0.25, -0.2) is 0 Å². The molecule has 0 aliphatic carbocycles. The minimum Gasteiger partial charge on any atom is -0.380 e. The van der Waals surface area contributed by atoms with Gasteiger partial charge in [0.25, 0.3) is 5.91 Å². The molecule has 4 rings (SSSR count). The number of likely N-dealkylation sites (tertiary alicyclic amines) is 1. The molecule has 0 radical (unpaired) electrons. The van der Waals surface area contributed by atoms with E-state index >= 15 is 0 Å². The van der Waals surface area contributed by atoms with Crippen molar-refractivity contribution in [2.45, 2.75) is 5.60 Å². The van der Waals surface area contributed by atoms with Crippen molar-refractivity contribution < 1.29 is 9.90 Å². The maximum atomic E-state index is 12.6. The number of hydrogen-bond acceptors (Lipinski definition) is 5. The van der Waals surface area contributed by atoms with E-state index in [9.17, 15) is 9.90 Å². The zero-order valence-corrected chi connectivity index (χ0v) is 13.7. The summed E-state index contributed by atoms with van der Waals surface area (Å²) in [5.41, 5.74) is 1.56. The number of aryl methyl sites for hydroxylation is 1. The summed E-state index contributed by atoms with van der Waals surface area (Å²) in [5.74, 6) is -0.202. The molecular weight excluding hydrogens is 318 g/mol. The van der Waals surface area contributed by atoms with Crippen LogP contribution >= 0.6 is 0 Å². The summed E-state index contributed by atoms with van der Waals surface area (Å²) in [6.45, 7) is 0.420. The van der Waals surface area contributed by atoms with Gasteiger partial charge in [0, 0.05) is 31.2 Å². The molecule has 0 atom stereocenters. The van der Waals surface area contributed by atoms with Crippen LogP contribution in [0, 0.1) is 0 Å². The third-order valence-electron chi connectivity index (χ3n) is 4.39. The number of amides is 1. The first kappa shape index (κ1) is 15.5. The first-order valence-corrected chi connectivity index (χ1v) is 7.94. The predicted molar refractivity (Wildman–Crippen MR) is 90.5 cm³/mol. The molecule has 0 unspecified atom stereocenters. The summed E-state index contributed by atoms with van der Waals surface area (Å²) in [6.07, 6.45) is 5.07. The number of aliphatic hydroxyl groups is 1. The Labute approximate surface area is 144 Å². The Kier molecular flexibility index (Phi) is 3.58. The molecule has 0 spiro atoms. The third kappa shape index (κ3) is 2.68. The van der Waals surface area contributed by atoms with E-state index in [4.69, 9.17) is 0 Å². The normalized spacial score (nSPS) is 15.7. The average molecular weight is 335 g/mol. The van der Waals surface area contributed by atoms with Crippen LogP contribution in [0.1, 0.15) is 16.2 Å². The maximum Gasteiger partial charge on any atom is 0.274 e. The monoisotopic (exact) mass is 335 g/mol. The molecule has 3 aromatic heterocycles. The molecule has 7 heteroatoms. The molecule has 1 N–H and O–H groups in total. The van der Waals surface area contributed by atoms with Gasteiger partial charge in [0.05, 0.1) is 24.5 Å². The number of carbonyl (C=O) groups excluding carboxylic acids is 1. The van der Waals surface area contributed by atoms with Gasteiger partial charge in [0.15, 0.2) is 5.69 Å². The van der Waals surface area contributed by atoms with E-state index in [1.54, 1.807) is 53.4 Å². The van der Waals surface area contributed by atoms with Gasteiger partial charge in [-0.2, -0.15) is 5.10 Å². The van der Waals surface area contributed by atoms with Crippen LogP contribution in [-0.2, 0) is 12.6 Å². The molecule has 1 saturated heterocycles. The molecule has 3 aromatic rings. The fraction of sp³-hybridized carbons (Fsp3) is 0.222. The van der Waals surface area contributed by atoms with Crippen molar-refractivity contribution >= 4 is 5.91 Å². The summed E-state index contributed by atoms with van der Waals surface area (Å²) < 4.78 is 1.66. The molecule has 0 aromatic carbocycles. The van der Waals surface area contributed by atoms with Gasteiger partial charge in [-0.05, 0) is 30.3 Å². The van der Waals surface area contributed by atoms with Gasteiger partial charge in [-0.1, -0.05) is 6.07 Å². The molecule has 0 bridgehead atoms. The fourth-order valence-corrected chi connectivity index (χ4v) is 3.05. The topological polar surface area (TPSA) is 84.1 Å². The Balaban J connectivity index is 1.52. The van der Waals surface area contributed by atoms with Crippen LogP contribution in [-0.4, -0.2) is 48.8 Å². The van der Waals surface area contributed by atoms with Crippen LogP contribution in [0.2, 0.25) is 0 Å². The number of nitrogens with zero attached hydrogens (tertiary/aromatic N) is 5. The Bertz CT molecular complexity index is 902. The summed E-state index contributed by atoms with van der Waals surface area (Å²) in [4.78, 5) is 22.5. The van der Waals surface area contributed by atoms with Gasteiger partial charge >= 0.3 is 0 Å². The second-order valence-corrected chi connectivity index (χ2v) is 6.19. The van der Waals surface area contributed by atoms with Gasteiger partial charge in [-0.15, -0.1) is 0 Å². The third-order valence-corrected chi connectivity index (χ3v) is 4.39. The predicted octanol–water partition coefficient (Wildman–Crippen LogP) is 1.22. The van der Waals surface area contributed by atoms with E-state index < -0.39 is 5.60 Å². The fourth-order valence-electron chi connectivity index (χ4n) is 3.05. The average Bonchev–Trinajstić information content (AvgIpc) is 3.02. The number of carbonyl (C=O) groups is 1. The van der Waals surface area contributed by atoms with Crippen LogP contribution in [0.5, 0.6) is 0 Å². The van der Waals surface area contributed by atoms with Crippen molar-refractivity contribution in [3.8, 4) is 11.3 Å². The number of aromatic nitrogens is 4. The lowest BCUT2D eigenvalue weighted by Gasteiger charge is -2.45. The Morgan fingerprint density at radius 1 is 1.20 bits per heavy atom. The van der Waals surface area contributed by atoms with Gasteiger partial charge < -0.3 is 10.0 Å². The molecule has 7 nitrogen and oxygen atoms in total. The van der Waals surface area contributed by atoms with E-state index in [1.807, 2.05) is 18.2 Å². The van der Waals surface area contributed by atoms with E-state index in [0.29, 0.717) is 11.4 Å². The Morgan fingerprint density at radius 3 is 2.72 bits per heavy atom. The second kappa shape index (κ2) is 5.78. The number of pyridine rings is 2. The summed E-state index contributed by atoms with van der Waals surface area (Å²) >= 11 is 0. The summed E-state index contributed by atoms with van der Waals surface area (Å²) in [5, 5.41) is 14.9. The second-order valence-electron chi connectivity index (χ2n) is 6.19. The molecule has 25 heavy (non-hydrogen) atoms. The van der Waals surface area contributed by atoms with Gasteiger partial charge in [-0.3, -0.25) is 19.4 Å². The maximum absolute atomic E-state index is 12.6. The zero-order valence-electron chi connectivity index (χ0n) is 13.7. The molecular formula is C18H17N5O2. The lowest BCUT2D eigenvalue weighted by atomic mass is 9.89. The van der Waals surface area contributed by atoms with Crippen molar-refractivity contribution in [3.63, 3.8) is 0 Å². The molecule has 1 aliphatic rings. The minimum atomic E-state index is -1.09. The van der Waals surface area contributed by atoms with Crippen molar-refractivity contribution in [1.82, 2.24) is 24.6 Å². The molecule has 1 fully saturated rings. The highest BCUT2D eigenvalue weighted by Crippen LogP contribution is 2.31. The Morgan fingerprint density at radius 2 is 2.04 bits per heavy atom.